The van der Waals surface area contributed by atoms with E-state index in [1.807, 2.05) is 20.8 Å². The maximum Gasteiger partial charge on any atom is 0.509 e. The van der Waals surface area contributed by atoms with Crippen LogP contribution in [0.15, 0.2) is 36.5 Å². The summed E-state index contributed by atoms with van der Waals surface area (Å²) < 4.78 is 52.1. The van der Waals surface area contributed by atoms with Crippen molar-refractivity contribution in [2.24, 2.45) is 23.7 Å². The van der Waals surface area contributed by atoms with E-state index < -0.39 is 97.1 Å². The number of ketones is 1. The molecule has 288 valence electrons. The van der Waals surface area contributed by atoms with Crippen LogP contribution in [-0.2, 0) is 52.2 Å². The van der Waals surface area contributed by atoms with Gasteiger partial charge in [-0.2, -0.15) is 0 Å². The number of aliphatic hydroxyl groups is 2. The summed E-state index contributed by atoms with van der Waals surface area (Å²) in [6, 6.07) is 0. The summed E-state index contributed by atoms with van der Waals surface area (Å²) in [4.78, 5) is 38.4. The normalized spacial score (nSPS) is 46.2. The third-order valence-corrected chi connectivity index (χ3v) is 10.5. The van der Waals surface area contributed by atoms with E-state index in [9.17, 15) is 24.6 Å². The Bertz CT molecular complexity index is 1280. The molecule has 14 heteroatoms. The fraction of sp³-hybridized carbons (Fsp3) is 0.757. The molecule has 0 amide bonds. The van der Waals surface area contributed by atoms with Gasteiger partial charge in [0.1, 0.15) is 36.6 Å². The largest absolute Gasteiger partial charge is 0.509 e. The predicted octanol–water partition coefficient (Wildman–Crippen LogP) is 3.41. The van der Waals surface area contributed by atoms with E-state index in [4.69, 9.17) is 42.6 Å². The fourth-order valence-corrected chi connectivity index (χ4v) is 7.38. The number of carbonyl (C=O) groups excluding carboxylic acids is 3. The molecule has 4 aliphatic rings. The Morgan fingerprint density at radius 1 is 0.824 bits per heavy atom. The molecule has 4 aliphatic heterocycles. The number of cyclic esters (lactones) is 2. The number of methoxy groups -OCH3 is 2. The SMILES string of the molecule is CO[C@@H]1[C@H](O)[C@@H](C)O[C@@H](OCC2/C=C/C=C/C(=O)C(C)CC(C)C(O[C@@H]3O[C@H](C)C[C@@]4(OC(=O)OC4C)[C@H]3O)C(C)/C=C/C(=O)OC2C)[C@@H]1OC. The molecule has 2 N–H and O–H groups in total. The second kappa shape index (κ2) is 17.9. The van der Waals surface area contributed by atoms with E-state index in [1.54, 1.807) is 52.0 Å². The van der Waals surface area contributed by atoms with Crippen molar-refractivity contribution in [2.45, 2.75) is 134 Å². The maximum absolute atomic E-state index is 13.2. The van der Waals surface area contributed by atoms with Gasteiger partial charge in [0.05, 0.1) is 24.9 Å². The Labute approximate surface area is 300 Å². The van der Waals surface area contributed by atoms with Gasteiger partial charge in [-0.15, -0.1) is 0 Å². The number of aliphatic hydroxyl groups excluding tert-OH is 2. The first-order chi connectivity index (χ1) is 24.1. The predicted molar refractivity (Wildman–Crippen MR) is 181 cm³/mol. The lowest BCUT2D eigenvalue weighted by atomic mass is 9.82. The number of hydrogen-bond donors (Lipinski definition) is 2. The summed E-state index contributed by atoms with van der Waals surface area (Å²) in [6.07, 6.45) is 0.681. The molecule has 0 aromatic rings. The van der Waals surface area contributed by atoms with E-state index >= 15 is 0 Å². The van der Waals surface area contributed by atoms with Crippen LogP contribution in [0.1, 0.15) is 61.3 Å². The molecular formula is C37H56O14. The Morgan fingerprint density at radius 2 is 1.53 bits per heavy atom. The maximum atomic E-state index is 13.2. The lowest BCUT2D eigenvalue weighted by molar-refractivity contribution is -0.308. The van der Waals surface area contributed by atoms with Crippen LogP contribution in [-0.4, -0.2) is 122 Å². The zero-order valence-corrected chi connectivity index (χ0v) is 31.0. The lowest BCUT2D eigenvalue weighted by Crippen LogP contribution is -2.62. The van der Waals surface area contributed by atoms with Crippen LogP contribution in [0.2, 0.25) is 0 Å². The number of carbonyl (C=O) groups is 3. The minimum atomic E-state index is -1.36. The summed E-state index contributed by atoms with van der Waals surface area (Å²) in [5.74, 6) is -2.15. The van der Waals surface area contributed by atoms with Crippen molar-refractivity contribution >= 4 is 17.9 Å². The summed E-state index contributed by atoms with van der Waals surface area (Å²) >= 11 is 0. The molecule has 0 aromatic heterocycles. The average Bonchev–Trinajstić information content (AvgIpc) is 3.36. The van der Waals surface area contributed by atoms with Gasteiger partial charge < -0.3 is 52.8 Å². The van der Waals surface area contributed by atoms with Crippen LogP contribution >= 0.6 is 0 Å². The van der Waals surface area contributed by atoms with Gasteiger partial charge >= 0.3 is 12.1 Å². The van der Waals surface area contributed by atoms with E-state index in [0.717, 1.165) is 0 Å². The highest BCUT2D eigenvalue weighted by atomic mass is 16.8. The minimum absolute atomic E-state index is 0.0586. The van der Waals surface area contributed by atoms with Crippen molar-refractivity contribution in [1.82, 2.24) is 0 Å². The van der Waals surface area contributed by atoms with E-state index in [1.165, 1.54) is 26.4 Å². The average molecular weight is 725 g/mol. The third-order valence-electron chi connectivity index (χ3n) is 10.5. The van der Waals surface area contributed by atoms with Gasteiger partial charge in [-0.25, -0.2) is 9.59 Å². The lowest BCUT2D eigenvalue weighted by Gasteiger charge is -2.46. The molecule has 0 aromatic carbocycles. The van der Waals surface area contributed by atoms with Crippen molar-refractivity contribution < 1.29 is 67.2 Å². The summed E-state index contributed by atoms with van der Waals surface area (Å²) in [5, 5.41) is 22.0. The Kier molecular flexibility index (Phi) is 14.4. The van der Waals surface area contributed by atoms with Crippen LogP contribution in [0.25, 0.3) is 0 Å². The number of hydrogen-bond acceptors (Lipinski definition) is 14. The highest BCUT2D eigenvalue weighted by molar-refractivity contribution is 5.91. The van der Waals surface area contributed by atoms with Crippen LogP contribution < -0.4 is 0 Å². The molecule has 0 aliphatic carbocycles. The molecule has 4 heterocycles. The summed E-state index contributed by atoms with van der Waals surface area (Å²) in [7, 11) is 2.96. The fourth-order valence-electron chi connectivity index (χ4n) is 7.38. The number of ether oxygens (including phenoxy) is 9. The van der Waals surface area contributed by atoms with Crippen LogP contribution in [0.5, 0.6) is 0 Å². The van der Waals surface area contributed by atoms with Gasteiger partial charge in [0.25, 0.3) is 0 Å². The number of allylic oxidation sites excluding steroid dienone is 3. The second-order valence-electron chi connectivity index (χ2n) is 14.4. The molecule has 0 radical (unpaired) electrons. The van der Waals surface area contributed by atoms with E-state index in [-0.39, 0.29) is 30.6 Å². The Balaban J connectivity index is 1.53. The quantitative estimate of drug-likeness (QED) is 0.366. The summed E-state index contributed by atoms with van der Waals surface area (Å²) in [6.45, 7) is 12.6. The molecular weight excluding hydrogens is 668 g/mol. The topological polar surface area (TPSA) is 175 Å². The van der Waals surface area contributed by atoms with Crippen molar-refractivity contribution in [3.63, 3.8) is 0 Å². The van der Waals surface area contributed by atoms with Crippen LogP contribution in [0.4, 0.5) is 4.79 Å². The van der Waals surface area contributed by atoms with Crippen molar-refractivity contribution in [3.05, 3.63) is 36.5 Å². The first-order valence-electron chi connectivity index (χ1n) is 17.8. The van der Waals surface area contributed by atoms with Gasteiger partial charge in [0.15, 0.2) is 24.0 Å². The molecule has 3 fully saturated rings. The smallest absolute Gasteiger partial charge is 0.459 e. The van der Waals surface area contributed by atoms with E-state index in [2.05, 4.69) is 0 Å². The van der Waals surface area contributed by atoms with Gasteiger partial charge in [-0.1, -0.05) is 45.1 Å². The first kappa shape index (κ1) is 41.1. The molecule has 16 atom stereocenters. The highest BCUT2D eigenvalue weighted by Gasteiger charge is 2.61. The standard InChI is InChI=1S/C37H56O14/c1-19-14-15-28(39)47-23(5)26(18-45-34-32(44-9)31(43-8)29(40)24(6)48-34)12-10-11-13-27(38)20(2)16-21(3)30(19)50-35-33(41)37(17-22(4)46-35)25(7)49-36(42)51-37/h10-15,19-26,29-35,40-41H,16-18H2,1-9H3/b12-10+,13-11+,15-14+/t19?,20?,21?,22-,23?,24-,25?,26?,29-,30?,31-,32-,33+,34-,35+,37+/m1/s1. The Hall–Kier alpha value is -2.69. The first-order valence-corrected chi connectivity index (χ1v) is 17.8. The Morgan fingerprint density at radius 3 is 2.18 bits per heavy atom. The molecule has 4 rings (SSSR count). The van der Waals surface area contributed by atoms with Crippen LogP contribution in [0.3, 0.4) is 0 Å². The van der Waals surface area contributed by atoms with Gasteiger partial charge in [-0.05, 0) is 46.1 Å². The molecule has 7 unspecified atom stereocenters. The van der Waals surface area contributed by atoms with E-state index in [0.29, 0.717) is 6.42 Å². The van der Waals surface area contributed by atoms with Gasteiger partial charge in [0, 0.05) is 44.5 Å². The molecule has 0 bridgehead atoms. The van der Waals surface area contributed by atoms with Gasteiger partial charge in [0.2, 0.25) is 0 Å². The molecule has 3 saturated heterocycles. The van der Waals surface area contributed by atoms with Crippen molar-refractivity contribution in [1.29, 1.82) is 0 Å². The van der Waals surface area contributed by atoms with Crippen molar-refractivity contribution in [3.8, 4) is 0 Å². The zero-order chi connectivity index (χ0) is 37.6. The number of esters is 1. The minimum Gasteiger partial charge on any atom is -0.459 e. The molecule has 1 spiro atoms. The van der Waals surface area contributed by atoms with Gasteiger partial charge in [-0.3, -0.25) is 4.79 Å². The molecule has 51 heavy (non-hydrogen) atoms. The molecule has 0 saturated carbocycles. The monoisotopic (exact) mass is 724 g/mol. The molecule has 14 nitrogen and oxygen atoms in total. The third kappa shape index (κ3) is 9.65. The summed E-state index contributed by atoms with van der Waals surface area (Å²) in [5.41, 5.74) is -1.35. The highest BCUT2D eigenvalue weighted by Crippen LogP contribution is 2.42. The second-order valence-corrected chi connectivity index (χ2v) is 14.4. The van der Waals surface area contributed by atoms with Crippen molar-refractivity contribution in [2.75, 3.05) is 20.8 Å². The zero-order valence-electron chi connectivity index (χ0n) is 31.0. The van der Waals surface area contributed by atoms with Crippen LogP contribution in [0, 0.1) is 23.7 Å². The number of rotatable bonds is 7.